The maximum Gasteiger partial charge on any atom is 0.0733 e. The molecule has 1 N–H and O–H groups in total. The first-order valence-electron chi connectivity index (χ1n) is 5.38. The van der Waals surface area contributed by atoms with Crippen LogP contribution in [0.4, 0.5) is 5.69 Å². The van der Waals surface area contributed by atoms with Crippen LogP contribution in [0.1, 0.15) is 12.8 Å². The van der Waals surface area contributed by atoms with Crippen molar-refractivity contribution in [3.8, 4) is 5.69 Å². The van der Waals surface area contributed by atoms with Crippen molar-refractivity contribution in [1.82, 2.24) is 9.78 Å². The van der Waals surface area contributed by atoms with Crippen molar-refractivity contribution in [2.45, 2.75) is 18.9 Å². The van der Waals surface area contributed by atoms with Crippen molar-refractivity contribution < 1.29 is 0 Å². The number of benzene rings is 1. The van der Waals surface area contributed by atoms with Gasteiger partial charge in [-0.3, -0.25) is 0 Å². The number of nitrogens with one attached hydrogen (secondary N) is 1. The lowest BCUT2D eigenvalue weighted by Crippen LogP contribution is -1.99. The molecule has 0 bridgehead atoms. The predicted octanol–water partition coefficient (Wildman–Crippen LogP) is 3.21. The van der Waals surface area contributed by atoms with E-state index in [9.17, 15) is 0 Å². The summed E-state index contributed by atoms with van der Waals surface area (Å²) in [6.45, 7) is 0. The van der Waals surface area contributed by atoms with Gasteiger partial charge in [0.05, 0.1) is 23.8 Å². The summed E-state index contributed by atoms with van der Waals surface area (Å²) in [5, 5.41) is 7.77. The highest BCUT2D eigenvalue weighted by molar-refractivity contribution is 9.10. The zero-order valence-electron chi connectivity index (χ0n) is 8.73. The lowest BCUT2D eigenvalue weighted by molar-refractivity contribution is 0.880. The topological polar surface area (TPSA) is 29.9 Å². The Kier molecular flexibility index (Phi) is 2.44. The molecule has 1 aromatic heterocycles. The molecule has 2 aromatic rings. The lowest BCUT2D eigenvalue weighted by atomic mass is 10.3. The maximum atomic E-state index is 4.34. The highest BCUT2D eigenvalue weighted by Gasteiger charge is 2.21. The van der Waals surface area contributed by atoms with Crippen LogP contribution in [0.3, 0.4) is 0 Å². The van der Waals surface area contributed by atoms with E-state index in [1.54, 1.807) is 0 Å². The van der Waals surface area contributed by atoms with Gasteiger partial charge in [-0.2, -0.15) is 5.10 Å². The minimum atomic E-state index is 0.667. The van der Waals surface area contributed by atoms with Crippen molar-refractivity contribution >= 4 is 21.6 Å². The molecule has 0 saturated heterocycles. The van der Waals surface area contributed by atoms with E-state index in [2.05, 4.69) is 26.3 Å². The highest BCUT2D eigenvalue weighted by atomic mass is 79.9. The van der Waals surface area contributed by atoms with Gasteiger partial charge in [-0.05, 0) is 31.0 Å². The molecule has 0 aliphatic heterocycles. The number of rotatable bonds is 3. The van der Waals surface area contributed by atoms with Crippen LogP contribution < -0.4 is 5.32 Å². The van der Waals surface area contributed by atoms with Gasteiger partial charge in [0, 0.05) is 10.5 Å². The van der Waals surface area contributed by atoms with Crippen LogP contribution in [0, 0.1) is 0 Å². The van der Waals surface area contributed by atoms with Gasteiger partial charge in [-0.1, -0.05) is 22.0 Å². The first-order valence-corrected chi connectivity index (χ1v) is 6.18. The molecular formula is C12H12BrN3. The van der Waals surface area contributed by atoms with Gasteiger partial charge in [0.2, 0.25) is 0 Å². The molecular weight excluding hydrogens is 266 g/mol. The van der Waals surface area contributed by atoms with Crippen LogP contribution >= 0.6 is 15.9 Å². The van der Waals surface area contributed by atoms with Crippen molar-refractivity contribution in [2.75, 3.05) is 5.32 Å². The first-order chi connectivity index (χ1) is 7.81. The van der Waals surface area contributed by atoms with Crippen molar-refractivity contribution in [1.29, 1.82) is 0 Å². The summed E-state index contributed by atoms with van der Waals surface area (Å²) < 4.78 is 2.95. The lowest BCUT2D eigenvalue weighted by Gasteiger charge is -2.01. The van der Waals surface area contributed by atoms with E-state index in [-0.39, 0.29) is 0 Å². The van der Waals surface area contributed by atoms with Crippen LogP contribution in [0.5, 0.6) is 0 Å². The molecule has 1 aliphatic rings. The molecule has 4 heteroatoms. The van der Waals surface area contributed by atoms with Gasteiger partial charge < -0.3 is 5.32 Å². The van der Waals surface area contributed by atoms with Gasteiger partial charge >= 0.3 is 0 Å². The zero-order valence-corrected chi connectivity index (χ0v) is 10.3. The molecule has 1 saturated carbocycles. The Morgan fingerprint density at radius 1 is 1.38 bits per heavy atom. The zero-order chi connectivity index (χ0) is 11.0. The van der Waals surface area contributed by atoms with Crippen molar-refractivity contribution in [3.63, 3.8) is 0 Å². The normalized spacial score (nSPS) is 15.1. The Balaban J connectivity index is 1.85. The Morgan fingerprint density at radius 3 is 3.00 bits per heavy atom. The van der Waals surface area contributed by atoms with Crippen LogP contribution in [0.2, 0.25) is 0 Å². The molecule has 1 aliphatic carbocycles. The fraction of sp³-hybridized carbons (Fsp3) is 0.250. The fourth-order valence-electron chi connectivity index (χ4n) is 1.62. The molecule has 16 heavy (non-hydrogen) atoms. The average molecular weight is 278 g/mol. The number of nitrogens with zero attached hydrogens (tertiary/aromatic N) is 2. The molecule has 0 radical (unpaired) electrons. The van der Waals surface area contributed by atoms with E-state index in [0.29, 0.717) is 6.04 Å². The summed E-state index contributed by atoms with van der Waals surface area (Å²) in [4.78, 5) is 0. The van der Waals surface area contributed by atoms with Gasteiger partial charge in [0.1, 0.15) is 0 Å². The molecule has 1 aromatic carbocycles. The quantitative estimate of drug-likeness (QED) is 0.934. The van der Waals surface area contributed by atoms with Crippen LogP contribution in [0.25, 0.3) is 5.69 Å². The van der Waals surface area contributed by atoms with Crippen molar-refractivity contribution in [3.05, 3.63) is 41.1 Å². The Morgan fingerprint density at radius 2 is 2.25 bits per heavy atom. The van der Waals surface area contributed by atoms with Crippen LogP contribution in [-0.2, 0) is 0 Å². The average Bonchev–Trinajstić information content (AvgIpc) is 2.94. The third kappa shape index (κ3) is 2.11. The molecule has 0 unspecified atom stereocenters. The summed E-state index contributed by atoms with van der Waals surface area (Å²) in [7, 11) is 0. The Hall–Kier alpha value is -1.29. The largest absolute Gasteiger partial charge is 0.380 e. The molecule has 3 nitrogen and oxygen atoms in total. The number of anilines is 1. The fourth-order valence-corrected chi connectivity index (χ4v) is 2.01. The summed E-state index contributed by atoms with van der Waals surface area (Å²) in [5.41, 5.74) is 2.17. The second-order valence-corrected chi connectivity index (χ2v) is 4.99. The van der Waals surface area contributed by atoms with E-state index in [4.69, 9.17) is 0 Å². The van der Waals surface area contributed by atoms with Gasteiger partial charge in [0.15, 0.2) is 0 Å². The molecule has 82 valence electrons. The van der Waals surface area contributed by atoms with Crippen LogP contribution in [-0.4, -0.2) is 15.8 Å². The van der Waals surface area contributed by atoms with Crippen LogP contribution in [0.15, 0.2) is 41.1 Å². The monoisotopic (exact) mass is 277 g/mol. The predicted molar refractivity (Wildman–Crippen MR) is 67.9 cm³/mol. The number of aromatic nitrogens is 2. The van der Waals surface area contributed by atoms with Crippen molar-refractivity contribution in [2.24, 2.45) is 0 Å². The second kappa shape index (κ2) is 3.94. The molecule has 1 fully saturated rings. The SMILES string of the molecule is Brc1cccc(-n2cc(NC3CC3)cn2)c1. The first kappa shape index (κ1) is 9.90. The Bertz CT molecular complexity index is 502. The summed E-state index contributed by atoms with van der Waals surface area (Å²) >= 11 is 3.46. The summed E-state index contributed by atoms with van der Waals surface area (Å²) in [6.07, 6.45) is 6.46. The van der Waals surface area contributed by atoms with E-state index in [1.165, 1.54) is 12.8 Å². The second-order valence-electron chi connectivity index (χ2n) is 4.07. The van der Waals surface area contributed by atoms with E-state index >= 15 is 0 Å². The molecule has 0 spiro atoms. The van der Waals surface area contributed by atoms with Gasteiger partial charge in [-0.15, -0.1) is 0 Å². The number of hydrogen-bond acceptors (Lipinski definition) is 2. The van der Waals surface area contributed by atoms with E-state index in [1.807, 2.05) is 41.3 Å². The third-order valence-corrected chi connectivity index (χ3v) is 3.10. The number of hydrogen-bond donors (Lipinski definition) is 1. The minimum Gasteiger partial charge on any atom is -0.380 e. The van der Waals surface area contributed by atoms with Gasteiger partial charge in [0.25, 0.3) is 0 Å². The van der Waals surface area contributed by atoms with E-state index in [0.717, 1.165) is 15.8 Å². The maximum absolute atomic E-state index is 4.34. The summed E-state index contributed by atoms with van der Waals surface area (Å²) in [5.74, 6) is 0. The Labute approximate surface area is 103 Å². The molecule has 0 amide bonds. The third-order valence-electron chi connectivity index (χ3n) is 2.60. The standard InChI is InChI=1S/C12H12BrN3/c13-9-2-1-3-12(6-9)16-8-11(7-14-16)15-10-4-5-10/h1-3,6-8,10,15H,4-5H2. The summed E-state index contributed by atoms with van der Waals surface area (Å²) in [6, 6.07) is 8.78. The molecule has 0 atom stereocenters. The van der Waals surface area contributed by atoms with Gasteiger partial charge in [-0.25, -0.2) is 4.68 Å². The highest BCUT2D eigenvalue weighted by Crippen LogP contribution is 2.25. The molecule has 3 rings (SSSR count). The smallest absolute Gasteiger partial charge is 0.0733 e. The van der Waals surface area contributed by atoms with E-state index < -0.39 is 0 Å². The number of halogens is 1. The molecule has 1 heterocycles. The minimum absolute atomic E-state index is 0.667.